The first-order valence-electron chi connectivity index (χ1n) is 0.507. The summed E-state index contributed by atoms with van der Waals surface area (Å²) in [5.74, 6) is 0. The Balaban J connectivity index is -0.0000000450. The molecule has 0 nitrogen and oxygen atoms in total. The van der Waals surface area contributed by atoms with Gasteiger partial charge in [-0.25, -0.2) is 0 Å². The fourth-order valence-electron chi connectivity index (χ4n) is 0. The summed E-state index contributed by atoms with van der Waals surface area (Å²) in [5.41, 5.74) is 0. The minimum atomic E-state index is -4.12. The minimum absolute atomic E-state index is 0. The van der Waals surface area contributed by atoms with Gasteiger partial charge in [0, 0.05) is 39.0 Å². The number of rotatable bonds is 0. The molecule has 0 aromatic heterocycles. The minimum Gasteiger partial charge on any atom is -0.152 e. The molecule has 0 saturated carbocycles. The summed E-state index contributed by atoms with van der Waals surface area (Å²) in [5, 5.41) is 0. The molecule has 6 heteroatoms. The summed E-state index contributed by atoms with van der Waals surface area (Å²) in [6, 6.07) is 0. The van der Waals surface area contributed by atoms with E-state index in [1.165, 1.54) is 0 Å². The van der Waals surface area contributed by atoms with Gasteiger partial charge in [-0.15, -0.1) is 0 Å². The molecule has 0 radical (unpaired) electrons. The van der Waals surface area contributed by atoms with Gasteiger partial charge in [-0.1, -0.05) is 0 Å². The third-order valence-corrected chi connectivity index (χ3v) is 0. The molecule has 0 aromatic rings. The predicted molar refractivity (Wildman–Crippen MR) is 10.2 cm³/mol. The SMILES string of the molecule is FP(F)F.[Ru].[Ru]. The van der Waals surface area contributed by atoms with Crippen LogP contribution in [0.5, 0.6) is 0 Å². The molecule has 0 bridgehead atoms. The molecule has 0 aliphatic carbocycles. The van der Waals surface area contributed by atoms with Gasteiger partial charge in [0.1, 0.15) is 0 Å². The van der Waals surface area contributed by atoms with Crippen molar-refractivity contribution in [3.63, 3.8) is 0 Å². The van der Waals surface area contributed by atoms with E-state index in [0.29, 0.717) is 0 Å². The maximum Gasteiger partial charge on any atom is 0.456 e. The van der Waals surface area contributed by atoms with Crippen LogP contribution in [0.4, 0.5) is 12.6 Å². The summed E-state index contributed by atoms with van der Waals surface area (Å²) >= 11 is 0. The normalized spacial score (nSPS) is 6.00. The van der Waals surface area contributed by atoms with E-state index < -0.39 is 8.85 Å². The van der Waals surface area contributed by atoms with E-state index in [9.17, 15) is 12.6 Å². The van der Waals surface area contributed by atoms with E-state index in [2.05, 4.69) is 0 Å². The fourth-order valence-corrected chi connectivity index (χ4v) is 0. The summed E-state index contributed by atoms with van der Waals surface area (Å²) in [4.78, 5) is 0. The number of hydrogen-bond acceptors (Lipinski definition) is 0. The summed E-state index contributed by atoms with van der Waals surface area (Å²) in [6.45, 7) is 0. The molecule has 42 valence electrons. The Morgan fingerprint density at radius 2 is 0.833 bits per heavy atom. The molecule has 0 heterocycles. The molecule has 0 fully saturated rings. The van der Waals surface area contributed by atoms with Crippen molar-refractivity contribution in [1.82, 2.24) is 0 Å². The van der Waals surface area contributed by atoms with Gasteiger partial charge in [-0.05, 0) is 0 Å². The smallest absolute Gasteiger partial charge is 0.152 e. The Morgan fingerprint density at radius 3 is 0.833 bits per heavy atom. The third kappa shape index (κ3) is 50.7. The first-order valence-corrected chi connectivity index (χ1v) is 1.52. The largest absolute Gasteiger partial charge is 0.456 e. The second-order valence-electron chi connectivity index (χ2n) is 0.192. The number of hydrogen-bond donors (Lipinski definition) is 0. The van der Waals surface area contributed by atoms with Gasteiger partial charge < -0.3 is 0 Å². The van der Waals surface area contributed by atoms with Crippen molar-refractivity contribution in [2.45, 2.75) is 0 Å². The van der Waals surface area contributed by atoms with Crippen molar-refractivity contribution in [2.24, 2.45) is 0 Å². The van der Waals surface area contributed by atoms with Crippen molar-refractivity contribution in [2.75, 3.05) is 0 Å². The molecule has 0 unspecified atom stereocenters. The molecule has 0 aromatic carbocycles. The first-order chi connectivity index (χ1) is 1.73. The van der Waals surface area contributed by atoms with E-state index >= 15 is 0 Å². The summed E-state index contributed by atoms with van der Waals surface area (Å²) in [6.07, 6.45) is 0. The molecule has 0 N–H and O–H groups in total. The Hall–Kier alpha value is 1.47. The third-order valence-electron chi connectivity index (χ3n) is 0. The van der Waals surface area contributed by atoms with E-state index in [0.717, 1.165) is 0 Å². The van der Waals surface area contributed by atoms with Crippen LogP contribution in [-0.4, -0.2) is 0 Å². The van der Waals surface area contributed by atoms with Crippen LogP contribution in [0.1, 0.15) is 0 Å². The summed E-state index contributed by atoms with van der Waals surface area (Å²) < 4.78 is 29.2. The van der Waals surface area contributed by atoms with Crippen LogP contribution in [-0.2, 0) is 39.0 Å². The standard InChI is InChI=1S/F3P.2Ru/c1-4(2)3;;. The Kier molecular flexibility index (Phi) is 25.3. The van der Waals surface area contributed by atoms with Gasteiger partial charge in [-0.3, -0.25) is 0 Å². The molecule has 0 atom stereocenters. The fraction of sp³-hybridized carbons (Fsp3) is 0. The predicted octanol–water partition coefficient (Wildman–Crippen LogP) is 2.12. The van der Waals surface area contributed by atoms with Crippen molar-refractivity contribution in [3.05, 3.63) is 0 Å². The van der Waals surface area contributed by atoms with E-state index in [4.69, 9.17) is 0 Å². The van der Waals surface area contributed by atoms with E-state index in [1.807, 2.05) is 0 Å². The quantitative estimate of drug-likeness (QED) is 0.473. The monoisotopic (exact) mass is 292 g/mol. The van der Waals surface area contributed by atoms with Gasteiger partial charge >= 0.3 is 8.85 Å². The van der Waals surface area contributed by atoms with Gasteiger partial charge in [0.15, 0.2) is 0 Å². The summed E-state index contributed by atoms with van der Waals surface area (Å²) in [7, 11) is -4.12. The van der Waals surface area contributed by atoms with Crippen LogP contribution in [0.25, 0.3) is 0 Å². The van der Waals surface area contributed by atoms with Crippen LogP contribution < -0.4 is 0 Å². The molecule has 0 amide bonds. The van der Waals surface area contributed by atoms with Gasteiger partial charge in [-0.2, -0.15) is 12.6 Å². The second-order valence-corrected chi connectivity index (χ2v) is 0.575. The molecule has 0 aliphatic heterocycles. The Labute approximate surface area is 60.5 Å². The molecular formula is F3PRu2. The van der Waals surface area contributed by atoms with E-state index in [-0.39, 0.29) is 39.0 Å². The number of halogens is 3. The average Bonchev–Trinajstić information content (AvgIpc) is 0.811. The molecular weight excluding hydrogens is 290 g/mol. The topological polar surface area (TPSA) is 0 Å². The Morgan fingerprint density at radius 1 is 0.833 bits per heavy atom. The first kappa shape index (κ1) is 15.7. The second kappa shape index (κ2) is 9.69. The van der Waals surface area contributed by atoms with Crippen molar-refractivity contribution in [1.29, 1.82) is 0 Å². The molecule has 6 heavy (non-hydrogen) atoms. The van der Waals surface area contributed by atoms with Gasteiger partial charge in [0.25, 0.3) is 0 Å². The molecule has 0 rings (SSSR count). The molecule has 0 aliphatic rings. The van der Waals surface area contributed by atoms with Gasteiger partial charge in [0.05, 0.1) is 0 Å². The van der Waals surface area contributed by atoms with Crippen LogP contribution in [0.15, 0.2) is 0 Å². The van der Waals surface area contributed by atoms with Crippen molar-refractivity contribution >= 4 is 8.85 Å². The van der Waals surface area contributed by atoms with Crippen molar-refractivity contribution < 1.29 is 51.5 Å². The average molecular weight is 290 g/mol. The van der Waals surface area contributed by atoms with Crippen LogP contribution in [0.3, 0.4) is 0 Å². The maximum absolute atomic E-state index is 9.73. The van der Waals surface area contributed by atoms with Crippen LogP contribution in [0.2, 0.25) is 0 Å². The zero-order chi connectivity index (χ0) is 3.58. The van der Waals surface area contributed by atoms with E-state index in [1.54, 1.807) is 0 Å². The zero-order valence-electron chi connectivity index (χ0n) is 2.29. The van der Waals surface area contributed by atoms with Crippen molar-refractivity contribution in [3.8, 4) is 0 Å². The molecule has 0 spiro atoms. The Bertz CT molecular complexity index is 13.5. The zero-order valence-corrected chi connectivity index (χ0v) is 6.66. The van der Waals surface area contributed by atoms with Crippen LogP contribution >= 0.6 is 8.85 Å². The molecule has 0 saturated heterocycles. The maximum atomic E-state index is 9.73. The van der Waals surface area contributed by atoms with Crippen LogP contribution in [0, 0.1) is 0 Å². The van der Waals surface area contributed by atoms with Gasteiger partial charge in [0.2, 0.25) is 0 Å².